The van der Waals surface area contributed by atoms with E-state index in [2.05, 4.69) is 32.6 Å². The summed E-state index contributed by atoms with van der Waals surface area (Å²) in [5.74, 6) is 1.79. The highest BCUT2D eigenvalue weighted by Gasteiger charge is 2.10. The molecule has 0 spiro atoms. The van der Waals surface area contributed by atoms with Crippen LogP contribution in [0.2, 0.25) is 0 Å². The molecule has 0 saturated carbocycles. The number of hydrogen-bond donors (Lipinski definition) is 0. The molecule has 0 N–H and O–H groups in total. The van der Waals surface area contributed by atoms with Gasteiger partial charge in [-0.25, -0.2) is 4.79 Å². The zero-order valence-corrected chi connectivity index (χ0v) is 24.4. The highest BCUT2D eigenvalue weighted by Crippen LogP contribution is 2.25. The number of hydrogen-bond acceptors (Lipinski definition) is 4. The van der Waals surface area contributed by atoms with Crippen LogP contribution in [0.1, 0.15) is 94.8 Å². The van der Waals surface area contributed by atoms with Crippen molar-refractivity contribution < 1.29 is 19.0 Å². The monoisotopic (exact) mass is 542 g/mol. The van der Waals surface area contributed by atoms with Gasteiger partial charge in [0.05, 0.1) is 18.3 Å². The third-order valence-corrected chi connectivity index (χ3v) is 6.97. The minimum atomic E-state index is -0.381. The van der Waals surface area contributed by atoms with Crippen LogP contribution >= 0.6 is 0 Å². The molecule has 0 amide bonds. The molecule has 4 nitrogen and oxygen atoms in total. The Bertz CT molecular complexity index is 1120. The maximum Gasteiger partial charge on any atom is 0.343 e. The average molecular weight is 543 g/mol. The molecule has 0 bridgehead atoms. The first-order valence-electron chi connectivity index (χ1n) is 15.0. The maximum absolute atomic E-state index is 12.7. The summed E-state index contributed by atoms with van der Waals surface area (Å²) >= 11 is 0. The van der Waals surface area contributed by atoms with Gasteiger partial charge in [-0.3, -0.25) is 0 Å². The van der Waals surface area contributed by atoms with Crippen molar-refractivity contribution in [3.63, 3.8) is 0 Å². The summed E-state index contributed by atoms with van der Waals surface area (Å²) in [6.07, 6.45) is 15.3. The van der Waals surface area contributed by atoms with Gasteiger partial charge in [0, 0.05) is 0 Å². The van der Waals surface area contributed by atoms with Gasteiger partial charge in [0.15, 0.2) is 0 Å². The fourth-order valence-electron chi connectivity index (χ4n) is 4.56. The number of benzene rings is 3. The summed E-state index contributed by atoms with van der Waals surface area (Å²) in [5.41, 5.74) is 2.62. The number of rotatable bonds is 19. The molecule has 1 atom stereocenters. The van der Waals surface area contributed by atoms with Gasteiger partial charge < -0.3 is 14.2 Å². The third-order valence-electron chi connectivity index (χ3n) is 6.97. The van der Waals surface area contributed by atoms with E-state index in [1.165, 1.54) is 51.4 Å². The Hall–Kier alpha value is -3.53. The van der Waals surface area contributed by atoms with Crippen molar-refractivity contribution in [3.8, 4) is 28.4 Å². The van der Waals surface area contributed by atoms with Crippen molar-refractivity contribution in [3.05, 3.63) is 91.0 Å². The highest BCUT2D eigenvalue weighted by atomic mass is 16.5. The topological polar surface area (TPSA) is 44.8 Å². The summed E-state index contributed by atoms with van der Waals surface area (Å²) in [6, 6.07) is 22.9. The molecule has 4 heteroatoms. The van der Waals surface area contributed by atoms with E-state index < -0.39 is 0 Å². The molecular formula is C36H46O4. The molecule has 3 aromatic carbocycles. The van der Waals surface area contributed by atoms with Gasteiger partial charge in [-0.05, 0) is 98.7 Å². The number of esters is 1. The second-order valence-electron chi connectivity index (χ2n) is 10.4. The molecule has 3 rings (SSSR count). The van der Waals surface area contributed by atoms with Crippen LogP contribution in [0.25, 0.3) is 11.1 Å². The molecule has 3 aromatic rings. The minimum absolute atomic E-state index is 0.212. The van der Waals surface area contributed by atoms with Gasteiger partial charge in [0.2, 0.25) is 0 Å². The van der Waals surface area contributed by atoms with E-state index in [0.717, 1.165) is 41.9 Å². The molecule has 0 aliphatic carbocycles. The summed E-state index contributed by atoms with van der Waals surface area (Å²) < 4.78 is 17.5. The fraction of sp³-hybridized carbons (Fsp3) is 0.417. The van der Waals surface area contributed by atoms with Crippen LogP contribution in [-0.2, 0) is 0 Å². The predicted octanol–water partition coefficient (Wildman–Crippen LogP) is 10.2. The molecule has 0 aliphatic rings. The van der Waals surface area contributed by atoms with Crippen LogP contribution in [-0.4, -0.2) is 18.7 Å². The van der Waals surface area contributed by atoms with Crippen molar-refractivity contribution in [2.45, 2.75) is 90.6 Å². The second-order valence-corrected chi connectivity index (χ2v) is 10.4. The molecule has 1 unspecified atom stereocenters. The normalized spacial score (nSPS) is 11.6. The van der Waals surface area contributed by atoms with E-state index in [1.54, 1.807) is 24.3 Å². The molecular weight excluding hydrogens is 496 g/mol. The first-order chi connectivity index (χ1) is 19.6. The Kier molecular flexibility index (Phi) is 13.9. The number of carbonyl (C=O) groups excluding carboxylic acids is 1. The minimum Gasteiger partial charge on any atom is -0.494 e. The lowest BCUT2D eigenvalue weighted by Crippen LogP contribution is -2.11. The molecule has 0 fully saturated rings. The number of allylic oxidation sites excluding steroid dienone is 1. The molecule has 40 heavy (non-hydrogen) atoms. The Balaban J connectivity index is 1.41. The van der Waals surface area contributed by atoms with E-state index in [1.807, 2.05) is 42.5 Å². The van der Waals surface area contributed by atoms with Gasteiger partial charge in [-0.1, -0.05) is 75.8 Å². The Labute approximate surface area is 241 Å². The summed E-state index contributed by atoms with van der Waals surface area (Å²) in [4.78, 5) is 12.7. The maximum atomic E-state index is 12.7. The van der Waals surface area contributed by atoms with Crippen molar-refractivity contribution >= 4 is 5.97 Å². The fourth-order valence-corrected chi connectivity index (χ4v) is 4.56. The molecule has 0 heterocycles. The van der Waals surface area contributed by atoms with Crippen LogP contribution < -0.4 is 14.2 Å². The number of carbonyl (C=O) groups is 1. The quantitative estimate of drug-likeness (QED) is 0.0654. The first-order valence-corrected chi connectivity index (χ1v) is 15.0. The van der Waals surface area contributed by atoms with Crippen LogP contribution in [0, 0.1) is 0 Å². The lowest BCUT2D eigenvalue weighted by molar-refractivity contribution is 0.0734. The van der Waals surface area contributed by atoms with Crippen LogP contribution in [0.5, 0.6) is 17.2 Å². The van der Waals surface area contributed by atoms with Gasteiger partial charge in [0.1, 0.15) is 17.2 Å². The van der Waals surface area contributed by atoms with E-state index in [4.69, 9.17) is 14.2 Å². The Morgan fingerprint density at radius 1 is 0.725 bits per heavy atom. The number of unbranched alkanes of at least 4 members (excludes halogenated alkanes) is 8. The van der Waals surface area contributed by atoms with Crippen LogP contribution in [0.4, 0.5) is 0 Å². The van der Waals surface area contributed by atoms with E-state index in [0.29, 0.717) is 17.9 Å². The predicted molar refractivity (Wildman–Crippen MR) is 166 cm³/mol. The summed E-state index contributed by atoms with van der Waals surface area (Å²) in [5, 5.41) is 0. The molecule has 0 aromatic heterocycles. The van der Waals surface area contributed by atoms with Crippen LogP contribution in [0.15, 0.2) is 85.5 Å². The smallest absolute Gasteiger partial charge is 0.343 e. The first kappa shape index (κ1) is 31.0. The largest absolute Gasteiger partial charge is 0.494 e. The second kappa shape index (κ2) is 17.9. The molecule has 214 valence electrons. The Morgan fingerprint density at radius 2 is 1.30 bits per heavy atom. The van der Waals surface area contributed by atoms with Gasteiger partial charge in [-0.2, -0.15) is 0 Å². The Morgan fingerprint density at radius 3 is 1.98 bits per heavy atom. The zero-order valence-electron chi connectivity index (χ0n) is 24.4. The van der Waals surface area contributed by atoms with E-state index in [-0.39, 0.29) is 12.1 Å². The lowest BCUT2D eigenvalue weighted by atomic mass is 10.0. The van der Waals surface area contributed by atoms with E-state index >= 15 is 0 Å². The average Bonchev–Trinajstić information content (AvgIpc) is 2.98. The number of ether oxygens (including phenoxy) is 3. The van der Waals surface area contributed by atoms with Crippen LogP contribution in [0.3, 0.4) is 0 Å². The highest BCUT2D eigenvalue weighted by molar-refractivity contribution is 5.91. The van der Waals surface area contributed by atoms with Gasteiger partial charge in [-0.15, -0.1) is 6.58 Å². The molecule has 0 radical (unpaired) electrons. The zero-order chi connectivity index (χ0) is 28.4. The van der Waals surface area contributed by atoms with Gasteiger partial charge in [0.25, 0.3) is 0 Å². The molecule has 0 aliphatic heterocycles. The third kappa shape index (κ3) is 11.3. The van der Waals surface area contributed by atoms with Crippen molar-refractivity contribution in [2.24, 2.45) is 0 Å². The van der Waals surface area contributed by atoms with Crippen molar-refractivity contribution in [2.75, 3.05) is 6.61 Å². The van der Waals surface area contributed by atoms with Gasteiger partial charge >= 0.3 is 5.97 Å². The standard InChI is InChI=1S/C36H46O4/c1-4-6-8-10-11-12-14-28-38-33-24-26-35(27-25-33)40-36(37)32-18-16-30(17-19-32)31-20-22-34(23-21-31)39-29(3)15-13-9-7-5-2/h4,16-27,29H,1,5-15,28H2,2-3H3. The van der Waals surface area contributed by atoms with Crippen molar-refractivity contribution in [1.29, 1.82) is 0 Å². The SMILES string of the molecule is C=CCCCCCCCOc1ccc(OC(=O)c2ccc(-c3ccc(OC(C)CCCCCC)cc3)cc2)cc1. The summed E-state index contributed by atoms with van der Waals surface area (Å²) in [7, 11) is 0. The summed E-state index contributed by atoms with van der Waals surface area (Å²) in [6.45, 7) is 8.82. The van der Waals surface area contributed by atoms with E-state index in [9.17, 15) is 4.79 Å². The lowest BCUT2D eigenvalue weighted by Gasteiger charge is -2.15. The van der Waals surface area contributed by atoms with Crippen molar-refractivity contribution in [1.82, 2.24) is 0 Å². The molecule has 0 saturated heterocycles.